The van der Waals surface area contributed by atoms with E-state index in [1.807, 2.05) is 0 Å². The number of aromatic amines is 1. The van der Waals surface area contributed by atoms with Crippen LogP contribution < -0.4 is 5.73 Å². The molecule has 2 aromatic heterocycles. The Labute approximate surface area is 148 Å². The standard InChI is InChI=1S/C11H7ClFN5.C5H10O2/c12-7-4-15-11(14)17-9(7)5-1-2-8(13)10-6(5)3-16-18-10;6-5-2-1-3-7-4-5/h1-4H,(H,16,18)(H2,14,15,17);5-6H,1-4H2. The van der Waals surface area contributed by atoms with Crippen LogP contribution in [0.4, 0.5) is 10.3 Å². The summed E-state index contributed by atoms with van der Waals surface area (Å²) in [5.41, 5.74) is 6.95. The van der Waals surface area contributed by atoms with Crippen LogP contribution in [0.3, 0.4) is 0 Å². The Morgan fingerprint density at radius 3 is 2.88 bits per heavy atom. The summed E-state index contributed by atoms with van der Waals surface area (Å²) < 4.78 is 18.5. The number of H-pyrrole nitrogens is 1. The molecule has 132 valence electrons. The van der Waals surface area contributed by atoms with Crippen LogP contribution in [0.1, 0.15) is 12.8 Å². The summed E-state index contributed by atoms with van der Waals surface area (Å²) in [6.07, 6.45) is 4.67. The van der Waals surface area contributed by atoms with Gasteiger partial charge in [-0.2, -0.15) is 5.10 Å². The van der Waals surface area contributed by atoms with Gasteiger partial charge in [0.15, 0.2) is 0 Å². The zero-order valence-electron chi connectivity index (χ0n) is 13.2. The van der Waals surface area contributed by atoms with Crippen molar-refractivity contribution in [2.75, 3.05) is 18.9 Å². The van der Waals surface area contributed by atoms with Crippen molar-refractivity contribution in [1.29, 1.82) is 0 Å². The van der Waals surface area contributed by atoms with Crippen LogP contribution >= 0.6 is 11.6 Å². The lowest BCUT2D eigenvalue weighted by molar-refractivity contribution is -0.00535. The highest BCUT2D eigenvalue weighted by Crippen LogP contribution is 2.32. The van der Waals surface area contributed by atoms with Gasteiger partial charge in [0.1, 0.15) is 11.3 Å². The SMILES string of the molecule is Nc1ncc(Cl)c(-c2ccc(F)c3[nH]ncc23)n1.OC1CCCOC1. The number of hydrogen-bond donors (Lipinski definition) is 3. The summed E-state index contributed by atoms with van der Waals surface area (Å²) in [7, 11) is 0. The van der Waals surface area contributed by atoms with Gasteiger partial charge in [-0.25, -0.2) is 14.4 Å². The van der Waals surface area contributed by atoms with Crippen molar-refractivity contribution < 1.29 is 14.2 Å². The zero-order valence-corrected chi connectivity index (χ0v) is 14.0. The molecule has 3 heterocycles. The number of halogens is 2. The van der Waals surface area contributed by atoms with Gasteiger partial charge in [0.2, 0.25) is 5.95 Å². The summed E-state index contributed by atoms with van der Waals surface area (Å²) in [6.45, 7) is 1.37. The van der Waals surface area contributed by atoms with Crippen LogP contribution in [-0.2, 0) is 4.74 Å². The normalized spacial score (nSPS) is 17.2. The van der Waals surface area contributed by atoms with Gasteiger partial charge in [0.05, 0.1) is 35.8 Å². The summed E-state index contributed by atoms with van der Waals surface area (Å²) in [6, 6.07) is 2.91. The summed E-state index contributed by atoms with van der Waals surface area (Å²) in [5, 5.41) is 16.1. The monoisotopic (exact) mass is 365 g/mol. The molecule has 1 atom stereocenters. The first kappa shape index (κ1) is 17.5. The minimum Gasteiger partial charge on any atom is -0.391 e. The molecular formula is C16H17ClFN5O2. The third-order valence-corrected chi connectivity index (χ3v) is 4.00. The van der Waals surface area contributed by atoms with Crippen LogP contribution in [-0.4, -0.2) is 44.6 Å². The number of hydrogen-bond acceptors (Lipinski definition) is 6. The number of ether oxygens (including phenoxy) is 1. The number of anilines is 1. The molecule has 1 aromatic carbocycles. The molecule has 1 aliphatic rings. The third kappa shape index (κ3) is 4.04. The maximum absolute atomic E-state index is 13.5. The number of benzene rings is 1. The van der Waals surface area contributed by atoms with E-state index in [0.717, 1.165) is 19.4 Å². The third-order valence-electron chi connectivity index (χ3n) is 3.72. The predicted molar refractivity (Wildman–Crippen MR) is 92.6 cm³/mol. The molecule has 4 N–H and O–H groups in total. The quantitative estimate of drug-likeness (QED) is 0.611. The fourth-order valence-electron chi connectivity index (χ4n) is 2.50. The van der Waals surface area contributed by atoms with Crippen LogP contribution in [0.5, 0.6) is 0 Å². The molecule has 1 aliphatic heterocycles. The molecule has 1 fully saturated rings. The lowest BCUT2D eigenvalue weighted by atomic mass is 10.1. The second-order valence-corrected chi connectivity index (χ2v) is 5.96. The number of nitrogens with two attached hydrogens (primary N) is 1. The van der Waals surface area contributed by atoms with Gasteiger partial charge in [-0.3, -0.25) is 5.10 Å². The number of nitrogens with zero attached hydrogens (tertiary/aromatic N) is 3. The van der Waals surface area contributed by atoms with Gasteiger partial charge in [-0.05, 0) is 25.0 Å². The van der Waals surface area contributed by atoms with Crippen LogP contribution in [0.25, 0.3) is 22.2 Å². The highest BCUT2D eigenvalue weighted by atomic mass is 35.5. The highest BCUT2D eigenvalue weighted by molar-refractivity contribution is 6.33. The number of nitrogen functional groups attached to an aromatic ring is 1. The van der Waals surface area contributed by atoms with E-state index in [1.165, 1.54) is 18.5 Å². The minimum absolute atomic E-state index is 0.107. The van der Waals surface area contributed by atoms with Crippen molar-refractivity contribution in [3.8, 4) is 11.3 Å². The highest BCUT2D eigenvalue weighted by Gasteiger charge is 2.14. The fraction of sp³-hybridized carbons (Fsp3) is 0.312. The summed E-state index contributed by atoms with van der Waals surface area (Å²) >= 11 is 6.03. The Bertz CT molecular complexity index is 867. The molecule has 0 saturated carbocycles. The van der Waals surface area contributed by atoms with E-state index in [0.29, 0.717) is 33.8 Å². The first-order chi connectivity index (χ1) is 12.1. The Balaban J connectivity index is 0.000000219. The first-order valence-corrected chi connectivity index (χ1v) is 8.10. The minimum atomic E-state index is -0.385. The van der Waals surface area contributed by atoms with Crippen molar-refractivity contribution >= 4 is 28.5 Å². The van der Waals surface area contributed by atoms with Crippen LogP contribution in [0.2, 0.25) is 5.02 Å². The number of nitrogens with one attached hydrogen (secondary N) is 1. The van der Waals surface area contributed by atoms with E-state index in [4.69, 9.17) is 27.2 Å². The van der Waals surface area contributed by atoms with Crippen molar-refractivity contribution in [2.24, 2.45) is 0 Å². The summed E-state index contributed by atoms with van der Waals surface area (Å²) in [4.78, 5) is 7.86. The molecule has 0 spiro atoms. The Kier molecular flexibility index (Phi) is 5.42. The number of rotatable bonds is 1. The average molecular weight is 366 g/mol. The number of aliphatic hydroxyl groups excluding tert-OH is 1. The molecule has 1 saturated heterocycles. The van der Waals surface area contributed by atoms with Gasteiger partial charge in [0, 0.05) is 17.6 Å². The van der Waals surface area contributed by atoms with Gasteiger partial charge >= 0.3 is 0 Å². The van der Waals surface area contributed by atoms with E-state index < -0.39 is 0 Å². The van der Waals surface area contributed by atoms with Crippen LogP contribution in [0, 0.1) is 5.82 Å². The van der Waals surface area contributed by atoms with Gasteiger partial charge in [-0.1, -0.05) is 11.6 Å². The molecule has 0 bridgehead atoms. The van der Waals surface area contributed by atoms with E-state index in [9.17, 15) is 4.39 Å². The maximum atomic E-state index is 13.5. The van der Waals surface area contributed by atoms with Crippen molar-refractivity contribution in [2.45, 2.75) is 18.9 Å². The molecule has 7 nitrogen and oxygen atoms in total. The zero-order chi connectivity index (χ0) is 17.8. The lowest BCUT2D eigenvalue weighted by Gasteiger charge is -2.15. The molecule has 1 unspecified atom stereocenters. The lowest BCUT2D eigenvalue weighted by Crippen LogP contribution is -2.21. The van der Waals surface area contributed by atoms with Crippen molar-refractivity contribution in [3.05, 3.63) is 35.4 Å². The fourth-order valence-corrected chi connectivity index (χ4v) is 2.69. The van der Waals surface area contributed by atoms with Crippen molar-refractivity contribution in [3.63, 3.8) is 0 Å². The van der Waals surface area contributed by atoms with Gasteiger partial charge in [0.25, 0.3) is 0 Å². The molecule has 9 heteroatoms. The predicted octanol–water partition coefficient (Wildman–Crippen LogP) is 2.55. The number of aromatic nitrogens is 4. The smallest absolute Gasteiger partial charge is 0.220 e. The van der Waals surface area contributed by atoms with E-state index >= 15 is 0 Å². The van der Waals surface area contributed by atoms with E-state index in [-0.39, 0.29) is 17.9 Å². The van der Waals surface area contributed by atoms with Gasteiger partial charge < -0.3 is 15.6 Å². The molecule has 25 heavy (non-hydrogen) atoms. The molecule has 0 aliphatic carbocycles. The topological polar surface area (TPSA) is 110 Å². The second-order valence-electron chi connectivity index (χ2n) is 5.55. The maximum Gasteiger partial charge on any atom is 0.220 e. The average Bonchev–Trinajstić information content (AvgIpc) is 3.10. The molecule has 0 amide bonds. The molecular weight excluding hydrogens is 349 g/mol. The number of fused-ring (bicyclic) bond motifs is 1. The molecule has 4 rings (SSSR count). The molecule has 3 aromatic rings. The van der Waals surface area contributed by atoms with Gasteiger partial charge in [-0.15, -0.1) is 0 Å². The first-order valence-electron chi connectivity index (χ1n) is 7.72. The number of aliphatic hydroxyl groups is 1. The van der Waals surface area contributed by atoms with Crippen molar-refractivity contribution in [1.82, 2.24) is 20.2 Å². The molecule has 0 radical (unpaired) electrons. The Morgan fingerprint density at radius 2 is 2.20 bits per heavy atom. The largest absolute Gasteiger partial charge is 0.391 e. The van der Waals surface area contributed by atoms with E-state index in [1.54, 1.807) is 6.07 Å². The summed E-state index contributed by atoms with van der Waals surface area (Å²) in [5.74, 6) is -0.278. The Morgan fingerprint density at radius 1 is 1.36 bits per heavy atom. The second kappa shape index (κ2) is 7.73. The van der Waals surface area contributed by atoms with E-state index in [2.05, 4.69) is 20.2 Å². The Hall–Kier alpha value is -2.29. The van der Waals surface area contributed by atoms with Crippen LogP contribution in [0.15, 0.2) is 24.5 Å².